The second-order valence-corrected chi connectivity index (χ2v) is 4.01. The number of allylic oxidation sites excluding steroid dienone is 1. The van der Waals surface area contributed by atoms with Crippen molar-refractivity contribution in [1.29, 1.82) is 0 Å². The second-order valence-electron chi connectivity index (χ2n) is 4.01. The molecule has 4 nitrogen and oxygen atoms in total. The summed E-state index contributed by atoms with van der Waals surface area (Å²) < 4.78 is 0. The molecule has 0 aromatic carbocycles. The first kappa shape index (κ1) is 12.7. The van der Waals surface area contributed by atoms with E-state index in [9.17, 15) is 9.59 Å². The maximum absolute atomic E-state index is 12.1. The standard InChI is InChI=1S/C12H20N2O2/c1-4-6-9(3)12(16)14-8-7-13-11(15)10(14)5-2/h6,10H,4-5,7-8H2,1-3H3,(H,13,15)/b9-6+/t10-/m0/s1. The molecule has 0 spiro atoms. The van der Waals surface area contributed by atoms with Gasteiger partial charge in [0.1, 0.15) is 6.04 Å². The number of carbonyl (C=O) groups excluding carboxylic acids is 2. The summed E-state index contributed by atoms with van der Waals surface area (Å²) in [6, 6.07) is -0.304. The summed E-state index contributed by atoms with van der Waals surface area (Å²) in [7, 11) is 0. The Kier molecular flexibility index (Phi) is 4.52. The molecule has 0 unspecified atom stereocenters. The van der Waals surface area contributed by atoms with Gasteiger partial charge in [0.25, 0.3) is 0 Å². The molecule has 1 aliphatic heterocycles. The highest BCUT2D eigenvalue weighted by Crippen LogP contribution is 2.12. The number of hydrogen-bond donors (Lipinski definition) is 1. The lowest BCUT2D eigenvalue weighted by Crippen LogP contribution is -2.57. The molecule has 0 aromatic rings. The lowest BCUT2D eigenvalue weighted by molar-refractivity contribution is -0.140. The summed E-state index contributed by atoms with van der Waals surface area (Å²) in [6.45, 7) is 6.90. The van der Waals surface area contributed by atoms with Gasteiger partial charge in [-0.15, -0.1) is 0 Å². The zero-order valence-electron chi connectivity index (χ0n) is 10.2. The van der Waals surface area contributed by atoms with E-state index in [1.165, 1.54) is 0 Å². The monoisotopic (exact) mass is 224 g/mol. The number of nitrogens with zero attached hydrogens (tertiary/aromatic N) is 1. The average molecular weight is 224 g/mol. The molecule has 90 valence electrons. The highest BCUT2D eigenvalue weighted by atomic mass is 16.2. The van der Waals surface area contributed by atoms with Crippen LogP contribution in [0.4, 0.5) is 0 Å². The van der Waals surface area contributed by atoms with Gasteiger partial charge in [0, 0.05) is 18.7 Å². The summed E-state index contributed by atoms with van der Waals surface area (Å²) in [4.78, 5) is 25.4. The Morgan fingerprint density at radius 3 is 2.81 bits per heavy atom. The van der Waals surface area contributed by atoms with Gasteiger partial charge in [-0.2, -0.15) is 0 Å². The number of piperazine rings is 1. The zero-order chi connectivity index (χ0) is 12.1. The van der Waals surface area contributed by atoms with Crippen LogP contribution in [0.15, 0.2) is 11.6 Å². The minimum Gasteiger partial charge on any atom is -0.353 e. The predicted octanol–water partition coefficient (Wildman–Crippen LogP) is 1.08. The van der Waals surface area contributed by atoms with Gasteiger partial charge >= 0.3 is 0 Å². The van der Waals surface area contributed by atoms with Crippen molar-refractivity contribution in [1.82, 2.24) is 10.2 Å². The quantitative estimate of drug-likeness (QED) is 0.729. The Bertz CT molecular complexity index is 310. The van der Waals surface area contributed by atoms with Gasteiger partial charge in [-0.05, 0) is 19.8 Å². The van der Waals surface area contributed by atoms with Crippen molar-refractivity contribution in [3.8, 4) is 0 Å². The van der Waals surface area contributed by atoms with Gasteiger partial charge in [-0.25, -0.2) is 0 Å². The molecule has 4 heteroatoms. The third-order valence-corrected chi connectivity index (χ3v) is 2.83. The van der Waals surface area contributed by atoms with Crippen molar-refractivity contribution in [2.75, 3.05) is 13.1 Å². The number of carbonyl (C=O) groups is 2. The zero-order valence-corrected chi connectivity index (χ0v) is 10.2. The van der Waals surface area contributed by atoms with Crippen molar-refractivity contribution in [3.63, 3.8) is 0 Å². The van der Waals surface area contributed by atoms with Crippen molar-refractivity contribution in [2.24, 2.45) is 0 Å². The number of rotatable bonds is 3. The Labute approximate surface area is 96.7 Å². The van der Waals surface area contributed by atoms with Crippen molar-refractivity contribution < 1.29 is 9.59 Å². The van der Waals surface area contributed by atoms with E-state index in [-0.39, 0.29) is 17.9 Å². The minimum absolute atomic E-state index is 0.0106. The molecule has 1 atom stereocenters. The van der Waals surface area contributed by atoms with E-state index in [0.717, 1.165) is 12.0 Å². The first-order valence-corrected chi connectivity index (χ1v) is 5.87. The maximum Gasteiger partial charge on any atom is 0.249 e. The molecule has 1 rings (SSSR count). The fraction of sp³-hybridized carbons (Fsp3) is 0.667. The van der Waals surface area contributed by atoms with Crippen molar-refractivity contribution in [2.45, 2.75) is 39.7 Å². The number of amides is 2. The first-order valence-electron chi connectivity index (χ1n) is 5.87. The molecular formula is C12H20N2O2. The van der Waals surface area contributed by atoms with Crippen LogP contribution in [0.3, 0.4) is 0 Å². The molecule has 0 aromatic heterocycles. The van der Waals surface area contributed by atoms with Crippen LogP contribution in [-0.4, -0.2) is 35.8 Å². The van der Waals surface area contributed by atoms with Gasteiger partial charge in [-0.3, -0.25) is 9.59 Å². The summed E-state index contributed by atoms with van der Waals surface area (Å²) in [5, 5.41) is 2.79. The summed E-state index contributed by atoms with van der Waals surface area (Å²) in [5.41, 5.74) is 0.732. The van der Waals surface area contributed by atoms with Gasteiger partial charge < -0.3 is 10.2 Å². The third kappa shape index (κ3) is 2.62. The Morgan fingerprint density at radius 1 is 1.56 bits per heavy atom. The third-order valence-electron chi connectivity index (χ3n) is 2.83. The van der Waals surface area contributed by atoms with E-state index in [0.29, 0.717) is 19.5 Å². The molecule has 1 fully saturated rings. The van der Waals surface area contributed by atoms with Crippen LogP contribution >= 0.6 is 0 Å². The molecule has 1 N–H and O–H groups in total. The lowest BCUT2D eigenvalue weighted by Gasteiger charge is -2.34. The van der Waals surface area contributed by atoms with Crippen LogP contribution in [0.25, 0.3) is 0 Å². The largest absolute Gasteiger partial charge is 0.353 e. The van der Waals surface area contributed by atoms with Crippen LogP contribution in [0.5, 0.6) is 0 Å². The van der Waals surface area contributed by atoms with Crippen molar-refractivity contribution >= 4 is 11.8 Å². The summed E-state index contributed by atoms with van der Waals surface area (Å²) in [6.07, 6.45) is 3.41. The van der Waals surface area contributed by atoms with Gasteiger partial charge in [0.05, 0.1) is 0 Å². The minimum atomic E-state index is -0.304. The molecule has 0 radical (unpaired) electrons. The van der Waals surface area contributed by atoms with E-state index < -0.39 is 0 Å². The Hall–Kier alpha value is -1.32. The number of hydrogen-bond acceptors (Lipinski definition) is 2. The Balaban J connectivity index is 2.81. The molecule has 0 saturated carbocycles. The van der Waals surface area contributed by atoms with Gasteiger partial charge in [0.15, 0.2) is 0 Å². The highest BCUT2D eigenvalue weighted by Gasteiger charge is 2.31. The molecule has 2 amide bonds. The van der Waals surface area contributed by atoms with Crippen LogP contribution in [0.2, 0.25) is 0 Å². The smallest absolute Gasteiger partial charge is 0.249 e. The molecule has 0 bridgehead atoms. The normalized spacial score (nSPS) is 21.9. The van der Waals surface area contributed by atoms with Gasteiger partial charge in [0.2, 0.25) is 11.8 Å². The van der Waals surface area contributed by atoms with E-state index in [1.807, 2.05) is 26.8 Å². The fourth-order valence-corrected chi connectivity index (χ4v) is 1.98. The topological polar surface area (TPSA) is 49.4 Å². The van der Waals surface area contributed by atoms with Crippen molar-refractivity contribution in [3.05, 3.63) is 11.6 Å². The first-order chi connectivity index (χ1) is 7.61. The highest BCUT2D eigenvalue weighted by molar-refractivity contribution is 5.97. The lowest BCUT2D eigenvalue weighted by atomic mass is 10.1. The van der Waals surface area contributed by atoms with Crippen LogP contribution in [-0.2, 0) is 9.59 Å². The van der Waals surface area contributed by atoms with E-state index in [2.05, 4.69) is 5.32 Å². The average Bonchev–Trinajstić information content (AvgIpc) is 2.28. The summed E-state index contributed by atoms with van der Waals surface area (Å²) in [5.74, 6) is -0.0463. The predicted molar refractivity (Wildman–Crippen MR) is 62.8 cm³/mol. The van der Waals surface area contributed by atoms with E-state index in [4.69, 9.17) is 0 Å². The van der Waals surface area contributed by atoms with Gasteiger partial charge in [-0.1, -0.05) is 19.9 Å². The fourth-order valence-electron chi connectivity index (χ4n) is 1.98. The molecule has 1 heterocycles. The SMILES string of the molecule is CC/C=C(\C)C(=O)N1CCNC(=O)[C@@H]1CC. The van der Waals surface area contributed by atoms with Crippen LogP contribution in [0, 0.1) is 0 Å². The van der Waals surface area contributed by atoms with E-state index in [1.54, 1.807) is 4.90 Å². The molecule has 16 heavy (non-hydrogen) atoms. The maximum atomic E-state index is 12.1. The van der Waals surface area contributed by atoms with E-state index >= 15 is 0 Å². The molecule has 1 aliphatic rings. The second kappa shape index (κ2) is 5.68. The van der Waals surface area contributed by atoms with Crippen LogP contribution < -0.4 is 5.32 Å². The molecule has 0 aliphatic carbocycles. The number of nitrogens with one attached hydrogen (secondary N) is 1. The Morgan fingerprint density at radius 2 is 2.25 bits per heavy atom. The summed E-state index contributed by atoms with van der Waals surface area (Å²) >= 11 is 0. The van der Waals surface area contributed by atoms with Crippen LogP contribution in [0.1, 0.15) is 33.6 Å². The molecule has 1 saturated heterocycles. The molecular weight excluding hydrogens is 204 g/mol.